The summed E-state index contributed by atoms with van der Waals surface area (Å²) in [6, 6.07) is 0. The highest BCUT2D eigenvalue weighted by atomic mass is 16.3. The van der Waals surface area contributed by atoms with E-state index in [1.807, 2.05) is 18.2 Å². The minimum atomic E-state index is -0.108. The molecule has 2 rings (SSSR count). The van der Waals surface area contributed by atoms with Gasteiger partial charge in [-0.1, -0.05) is 6.08 Å². The Kier molecular flexibility index (Phi) is 5.61. The Bertz CT molecular complexity index is 345. The maximum Gasteiger partial charge on any atom is 0.163 e. The minimum Gasteiger partial charge on any atom is -0.393 e. The summed E-state index contributed by atoms with van der Waals surface area (Å²) in [6.07, 6.45) is 13.6. The fourth-order valence-corrected chi connectivity index (χ4v) is 2.48. The van der Waals surface area contributed by atoms with E-state index < -0.39 is 0 Å². The van der Waals surface area contributed by atoms with E-state index in [4.69, 9.17) is 0 Å². The molecule has 0 bridgehead atoms. The molecular formula is C15H25N2O2+. The monoisotopic (exact) mass is 265 g/mol. The highest BCUT2D eigenvalue weighted by Crippen LogP contribution is 2.09. The van der Waals surface area contributed by atoms with Crippen LogP contribution in [0.25, 0.3) is 0 Å². The maximum atomic E-state index is 9.41. The normalized spacial score (nSPS) is 26.5. The molecule has 0 saturated carbocycles. The largest absolute Gasteiger partial charge is 0.393 e. The lowest BCUT2D eigenvalue weighted by atomic mass is 10.1. The molecule has 4 nitrogen and oxygen atoms in total. The van der Waals surface area contributed by atoms with Crippen LogP contribution in [0.3, 0.4) is 0 Å². The first-order chi connectivity index (χ1) is 9.24. The van der Waals surface area contributed by atoms with E-state index >= 15 is 0 Å². The summed E-state index contributed by atoms with van der Waals surface area (Å²) in [5, 5.41) is 18.8. The Morgan fingerprint density at radius 1 is 0.842 bits per heavy atom. The third kappa shape index (κ3) is 5.17. The summed E-state index contributed by atoms with van der Waals surface area (Å²) in [6.45, 7) is 3.77. The Labute approximate surface area is 115 Å². The van der Waals surface area contributed by atoms with E-state index in [0.717, 1.165) is 51.9 Å². The second kappa shape index (κ2) is 7.46. The van der Waals surface area contributed by atoms with Crippen LogP contribution in [-0.2, 0) is 0 Å². The molecule has 0 unspecified atom stereocenters. The van der Waals surface area contributed by atoms with E-state index in [9.17, 15) is 10.2 Å². The van der Waals surface area contributed by atoms with Crippen molar-refractivity contribution in [2.24, 2.45) is 0 Å². The second-order valence-electron chi connectivity index (χ2n) is 5.41. The molecule has 0 aromatic rings. The summed E-state index contributed by atoms with van der Waals surface area (Å²) in [4.78, 5) is 2.24. The lowest BCUT2D eigenvalue weighted by Gasteiger charge is -2.28. The zero-order valence-corrected chi connectivity index (χ0v) is 11.5. The molecule has 2 heterocycles. The van der Waals surface area contributed by atoms with Crippen molar-refractivity contribution in [3.8, 4) is 0 Å². The summed E-state index contributed by atoms with van der Waals surface area (Å²) in [5.74, 6) is 0. The molecule has 0 aromatic heterocycles. The smallest absolute Gasteiger partial charge is 0.163 e. The molecule has 2 aliphatic heterocycles. The van der Waals surface area contributed by atoms with Gasteiger partial charge in [0.1, 0.15) is 13.1 Å². The van der Waals surface area contributed by atoms with Crippen molar-refractivity contribution in [1.29, 1.82) is 0 Å². The van der Waals surface area contributed by atoms with Crippen molar-refractivity contribution >= 4 is 6.21 Å². The average molecular weight is 265 g/mol. The highest BCUT2D eigenvalue weighted by Gasteiger charge is 2.17. The molecule has 2 N–H and O–H groups in total. The van der Waals surface area contributed by atoms with Crippen molar-refractivity contribution in [3.05, 3.63) is 24.4 Å². The fourth-order valence-electron chi connectivity index (χ4n) is 2.48. The van der Waals surface area contributed by atoms with Gasteiger partial charge in [0.25, 0.3) is 0 Å². The van der Waals surface area contributed by atoms with Gasteiger partial charge in [0.05, 0.1) is 12.2 Å². The molecule has 2 aliphatic rings. The third-order valence-electron chi connectivity index (χ3n) is 3.81. The third-order valence-corrected chi connectivity index (χ3v) is 3.81. The quantitative estimate of drug-likeness (QED) is 0.585. The van der Waals surface area contributed by atoms with Crippen LogP contribution in [0.2, 0.25) is 0 Å². The number of hydrogen-bond acceptors (Lipinski definition) is 3. The van der Waals surface area contributed by atoms with Crippen LogP contribution in [0.4, 0.5) is 0 Å². The number of nitrogens with zero attached hydrogens (tertiary/aromatic N) is 2. The molecule has 0 aliphatic carbocycles. The van der Waals surface area contributed by atoms with Crippen LogP contribution >= 0.6 is 0 Å². The van der Waals surface area contributed by atoms with Crippen LogP contribution in [-0.4, -0.2) is 64.3 Å². The number of allylic oxidation sites excluding steroid dienone is 3. The zero-order valence-electron chi connectivity index (χ0n) is 11.5. The van der Waals surface area contributed by atoms with Crippen molar-refractivity contribution in [3.63, 3.8) is 0 Å². The molecular weight excluding hydrogens is 240 g/mol. The molecule has 106 valence electrons. The Morgan fingerprint density at radius 2 is 1.47 bits per heavy atom. The second-order valence-corrected chi connectivity index (χ2v) is 5.41. The van der Waals surface area contributed by atoms with Gasteiger partial charge in [0.15, 0.2) is 6.21 Å². The highest BCUT2D eigenvalue weighted by molar-refractivity contribution is 5.66. The summed E-state index contributed by atoms with van der Waals surface area (Å²) >= 11 is 0. The van der Waals surface area contributed by atoms with Crippen molar-refractivity contribution in [1.82, 2.24) is 4.90 Å². The number of aliphatic hydroxyl groups excluding tert-OH is 2. The van der Waals surface area contributed by atoms with Crippen LogP contribution in [0.1, 0.15) is 25.7 Å². The van der Waals surface area contributed by atoms with Gasteiger partial charge in [0.2, 0.25) is 0 Å². The first-order valence-corrected chi connectivity index (χ1v) is 7.26. The van der Waals surface area contributed by atoms with E-state index in [1.54, 1.807) is 0 Å². The average Bonchev–Trinajstić information content (AvgIpc) is 2.43. The number of hydrogen-bond donors (Lipinski definition) is 2. The van der Waals surface area contributed by atoms with Gasteiger partial charge in [-0.05, 0) is 25.1 Å². The Balaban J connectivity index is 1.69. The van der Waals surface area contributed by atoms with E-state index in [0.29, 0.717) is 0 Å². The van der Waals surface area contributed by atoms with Crippen LogP contribution in [0.5, 0.6) is 0 Å². The minimum absolute atomic E-state index is 0.108. The SMILES string of the molecule is OC1CCN(C=CC=CC=[N+]2CCC(O)CC2)CC1. The molecule has 4 heteroatoms. The summed E-state index contributed by atoms with van der Waals surface area (Å²) in [5.41, 5.74) is 0. The van der Waals surface area contributed by atoms with Gasteiger partial charge in [0, 0.05) is 32.0 Å². The van der Waals surface area contributed by atoms with Gasteiger partial charge >= 0.3 is 0 Å². The number of rotatable bonds is 3. The van der Waals surface area contributed by atoms with Crippen LogP contribution in [0.15, 0.2) is 24.4 Å². The maximum absolute atomic E-state index is 9.41. The standard InChI is InChI=1S/C15H25N2O2/c18-14-4-10-16(11-5-14)8-2-1-3-9-17-12-6-15(19)7-13-17/h1-3,8-9,14-15,18-19H,4-7,10-13H2/q+1. The van der Waals surface area contributed by atoms with Crippen LogP contribution in [0, 0.1) is 0 Å². The zero-order chi connectivity index (χ0) is 13.5. The van der Waals surface area contributed by atoms with Crippen molar-refractivity contribution < 1.29 is 14.8 Å². The first-order valence-electron chi connectivity index (χ1n) is 7.26. The van der Waals surface area contributed by atoms with E-state index in [2.05, 4.69) is 21.9 Å². The molecule has 0 spiro atoms. The fraction of sp³-hybridized carbons (Fsp3) is 0.667. The molecule has 0 atom stereocenters. The molecule has 19 heavy (non-hydrogen) atoms. The number of aliphatic hydroxyl groups is 2. The van der Waals surface area contributed by atoms with Gasteiger partial charge in [-0.3, -0.25) is 0 Å². The van der Waals surface area contributed by atoms with E-state index in [1.165, 1.54) is 0 Å². The van der Waals surface area contributed by atoms with Gasteiger partial charge in [-0.2, -0.15) is 0 Å². The van der Waals surface area contributed by atoms with Crippen LogP contribution < -0.4 is 0 Å². The Morgan fingerprint density at radius 3 is 2.16 bits per heavy atom. The predicted molar refractivity (Wildman–Crippen MR) is 76.4 cm³/mol. The molecule has 0 radical (unpaired) electrons. The lowest BCUT2D eigenvalue weighted by Crippen LogP contribution is -2.31. The van der Waals surface area contributed by atoms with E-state index in [-0.39, 0.29) is 12.2 Å². The number of likely N-dealkylation sites (tertiary alicyclic amines) is 1. The topological polar surface area (TPSA) is 46.7 Å². The summed E-state index contributed by atoms with van der Waals surface area (Å²) < 4.78 is 2.24. The molecule has 2 fully saturated rings. The predicted octanol–water partition coefficient (Wildman–Crippen LogP) is 0.751. The van der Waals surface area contributed by atoms with Crippen molar-refractivity contribution in [2.75, 3.05) is 26.2 Å². The first kappa shape index (κ1) is 14.3. The van der Waals surface area contributed by atoms with Gasteiger partial charge < -0.3 is 15.1 Å². The van der Waals surface area contributed by atoms with Gasteiger partial charge in [-0.25, -0.2) is 4.58 Å². The number of piperidine rings is 2. The van der Waals surface area contributed by atoms with Crippen molar-refractivity contribution in [2.45, 2.75) is 37.9 Å². The molecule has 0 amide bonds. The molecule has 2 saturated heterocycles. The molecule has 0 aromatic carbocycles. The lowest BCUT2D eigenvalue weighted by molar-refractivity contribution is -0.536. The Hall–Kier alpha value is -1.13. The summed E-state index contributed by atoms with van der Waals surface area (Å²) in [7, 11) is 0. The van der Waals surface area contributed by atoms with Gasteiger partial charge in [-0.15, -0.1) is 0 Å².